The van der Waals surface area contributed by atoms with E-state index in [1.807, 2.05) is 13.8 Å². The Morgan fingerprint density at radius 2 is 1.89 bits per heavy atom. The standard InChI is InChI=1S/C14H17Cl2NO2/c1-9(2)14(19)7-17(8-14)13(18)6-10-11(15)4-3-5-12(10)16/h3-5,9,19H,6-8H2,1-2H3. The largest absolute Gasteiger partial charge is 0.386 e. The average Bonchev–Trinajstić information content (AvgIpc) is 2.29. The summed E-state index contributed by atoms with van der Waals surface area (Å²) < 4.78 is 0. The molecule has 1 amide bonds. The molecule has 0 aliphatic carbocycles. The zero-order valence-corrected chi connectivity index (χ0v) is 12.5. The molecule has 0 atom stereocenters. The number of benzene rings is 1. The highest BCUT2D eigenvalue weighted by atomic mass is 35.5. The zero-order chi connectivity index (χ0) is 14.2. The Hall–Kier alpha value is -0.770. The summed E-state index contributed by atoms with van der Waals surface area (Å²) in [5.74, 6) is 0.0841. The van der Waals surface area contributed by atoms with Crippen molar-refractivity contribution in [2.75, 3.05) is 13.1 Å². The molecule has 1 saturated heterocycles. The monoisotopic (exact) mass is 301 g/mol. The highest BCUT2D eigenvalue weighted by Crippen LogP contribution is 2.30. The summed E-state index contributed by atoms with van der Waals surface area (Å²) in [6, 6.07) is 5.19. The van der Waals surface area contributed by atoms with Crippen molar-refractivity contribution in [3.8, 4) is 0 Å². The van der Waals surface area contributed by atoms with Gasteiger partial charge < -0.3 is 10.0 Å². The summed E-state index contributed by atoms with van der Waals surface area (Å²) in [6.07, 6.45) is 0.173. The lowest BCUT2D eigenvalue weighted by Gasteiger charge is -2.49. The van der Waals surface area contributed by atoms with E-state index in [-0.39, 0.29) is 18.2 Å². The van der Waals surface area contributed by atoms with E-state index in [2.05, 4.69) is 0 Å². The van der Waals surface area contributed by atoms with Crippen LogP contribution in [0.25, 0.3) is 0 Å². The molecule has 1 aromatic carbocycles. The third kappa shape index (κ3) is 2.88. The number of carbonyl (C=O) groups excluding carboxylic acids is 1. The summed E-state index contributed by atoms with van der Waals surface area (Å²) in [5.41, 5.74) is -0.101. The van der Waals surface area contributed by atoms with E-state index in [4.69, 9.17) is 23.2 Å². The third-order valence-corrected chi connectivity index (χ3v) is 4.45. The van der Waals surface area contributed by atoms with Gasteiger partial charge in [-0.2, -0.15) is 0 Å². The molecule has 104 valence electrons. The van der Waals surface area contributed by atoms with Crippen molar-refractivity contribution in [3.05, 3.63) is 33.8 Å². The fraction of sp³-hybridized carbons (Fsp3) is 0.500. The van der Waals surface area contributed by atoms with Crippen LogP contribution >= 0.6 is 23.2 Å². The van der Waals surface area contributed by atoms with Crippen LogP contribution in [0.4, 0.5) is 0 Å². The first-order chi connectivity index (χ1) is 8.83. The molecular formula is C14H17Cl2NO2. The number of carbonyl (C=O) groups is 1. The molecule has 1 aliphatic heterocycles. The maximum atomic E-state index is 12.1. The van der Waals surface area contributed by atoms with Gasteiger partial charge >= 0.3 is 0 Å². The quantitative estimate of drug-likeness (QED) is 0.932. The second-order valence-electron chi connectivity index (χ2n) is 5.39. The molecule has 0 aromatic heterocycles. The fourth-order valence-electron chi connectivity index (χ4n) is 2.12. The van der Waals surface area contributed by atoms with E-state index < -0.39 is 5.60 Å². The number of aliphatic hydroxyl groups is 1. The first-order valence-corrected chi connectivity index (χ1v) is 7.02. The Morgan fingerprint density at radius 1 is 1.37 bits per heavy atom. The van der Waals surface area contributed by atoms with Gasteiger partial charge in [0.15, 0.2) is 0 Å². The molecule has 1 fully saturated rings. The molecule has 1 aromatic rings. The van der Waals surface area contributed by atoms with Crippen LogP contribution < -0.4 is 0 Å². The molecule has 0 spiro atoms. The van der Waals surface area contributed by atoms with Crippen LogP contribution in [0.1, 0.15) is 19.4 Å². The van der Waals surface area contributed by atoms with Gasteiger partial charge in [-0.1, -0.05) is 43.1 Å². The highest BCUT2D eigenvalue weighted by molar-refractivity contribution is 6.36. The molecule has 1 heterocycles. The van der Waals surface area contributed by atoms with E-state index in [1.165, 1.54) is 0 Å². The molecule has 0 bridgehead atoms. The summed E-state index contributed by atoms with van der Waals surface area (Å²) in [5, 5.41) is 11.1. The molecule has 0 radical (unpaired) electrons. The van der Waals surface area contributed by atoms with Crippen molar-refractivity contribution in [1.29, 1.82) is 0 Å². The van der Waals surface area contributed by atoms with Crippen molar-refractivity contribution in [2.45, 2.75) is 25.9 Å². The van der Waals surface area contributed by atoms with Gasteiger partial charge in [0.05, 0.1) is 19.5 Å². The van der Waals surface area contributed by atoms with Gasteiger partial charge in [-0.25, -0.2) is 0 Å². The molecule has 19 heavy (non-hydrogen) atoms. The SMILES string of the molecule is CC(C)C1(O)CN(C(=O)Cc2c(Cl)cccc2Cl)C1. The van der Waals surface area contributed by atoms with Gasteiger partial charge in [0.25, 0.3) is 0 Å². The number of likely N-dealkylation sites (tertiary alicyclic amines) is 1. The number of hydrogen-bond acceptors (Lipinski definition) is 2. The predicted molar refractivity (Wildman–Crippen MR) is 76.5 cm³/mol. The van der Waals surface area contributed by atoms with Gasteiger partial charge in [0.1, 0.15) is 5.60 Å². The van der Waals surface area contributed by atoms with Crippen LogP contribution in [0, 0.1) is 5.92 Å². The van der Waals surface area contributed by atoms with Gasteiger partial charge in [0.2, 0.25) is 5.91 Å². The Labute approximate surface area is 123 Å². The van der Waals surface area contributed by atoms with Gasteiger partial charge in [-0.05, 0) is 23.6 Å². The fourth-order valence-corrected chi connectivity index (χ4v) is 2.65. The summed E-state index contributed by atoms with van der Waals surface area (Å²) in [6.45, 7) is 4.66. The van der Waals surface area contributed by atoms with Crippen LogP contribution in [0.5, 0.6) is 0 Å². The number of β-amino-alcohol motifs (C(OH)–C–C–N with tert-alkyl or cyclic N) is 1. The molecule has 1 N–H and O–H groups in total. The van der Waals surface area contributed by atoms with Crippen molar-refractivity contribution >= 4 is 29.1 Å². The minimum atomic E-state index is -0.750. The van der Waals surface area contributed by atoms with Gasteiger partial charge in [-0.3, -0.25) is 4.79 Å². The first-order valence-electron chi connectivity index (χ1n) is 6.26. The topological polar surface area (TPSA) is 40.5 Å². The maximum absolute atomic E-state index is 12.1. The molecule has 1 aliphatic rings. The second-order valence-corrected chi connectivity index (χ2v) is 6.20. The Morgan fingerprint density at radius 3 is 2.37 bits per heavy atom. The van der Waals surface area contributed by atoms with Crippen LogP contribution in [0.15, 0.2) is 18.2 Å². The molecule has 5 heteroatoms. The summed E-state index contributed by atoms with van der Waals surface area (Å²) in [7, 11) is 0. The van der Waals surface area contributed by atoms with Crippen molar-refractivity contribution in [1.82, 2.24) is 4.90 Å². The van der Waals surface area contributed by atoms with Crippen LogP contribution in [0.2, 0.25) is 10.0 Å². The van der Waals surface area contributed by atoms with Gasteiger partial charge in [-0.15, -0.1) is 0 Å². The Balaban J connectivity index is 2.01. The minimum Gasteiger partial charge on any atom is -0.386 e. The molecule has 3 nitrogen and oxygen atoms in total. The van der Waals surface area contributed by atoms with E-state index in [0.717, 1.165) is 0 Å². The smallest absolute Gasteiger partial charge is 0.227 e. The normalized spacial score (nSPS) is 17.5. The number of hydrogen-bond donors (Lipinski definition) is 1. The lowest BCUT2D eigenvalue weighted by atomic mass is 9.83. The number of amides is 1. The average molecular weight is 302 g/mol. The number of nitrogens with zero attached hydrogens (tertiary/aromatic N) is 1. The third-order valence-electron chi connectivity index (χ3n) is 3.75. The lowest BCUT2D eigenvalue weighted by molar-refractivity contribution is -0.163. The van der Waals surface area contributed by atoms with Crippen LogP contribution in [-0.4, -0.2) is 34.6 Å². The Kier molecular flexibility index (Phi) is 4.09. The van der Waals surface area contributed by atoms with Crippen molar-refractivity contribution in [2.24, 2.45) is 5.92 Å². The molecule has 0 saturated carbocycles. The van der Waals surface area contributed by atoms with Gasteiger partial charge in [0, 0.05) is 10.0 Å². The van der Waals surface area contributed by atoms with Crippen LogP contribution in [-0.2, 0) is 11.2 Å². The predicted octanol–water partition coefficient (Wildman–Crippen LogP) is 2.77. The van der Waals surface area contributed by atoms with E-state index in [0.29, 0.717) is 28.7 Å². The highest BCUT2D eigenvalue weighted by Gasteiger charge is 2.45. The zero-order valence-electron chi connectivity index (χ0n) is 11.0. The molecule has 0 unspecified atom stereocenters. The number of rotatable bonds is 3. The molecular weight excluding hydrogens is 285 g/mol. The first kappa shape index (κ1) is 14.6. The van der Waals surface area contributed by atoms with E-state index in [1.54, 1.807) is 23.1 Å². The van der Waals surface area contributed by atoms with Crippen molar-refractivity contribution < 1.29 is 9.90 Å². The summed E-state index contributed by atoms with van der Waals surface area (Å²) >= 11 is 12.1. The maximum Gasteiger partial charge on any atom is 0.227 e. The number of halogens is 2. The minimum absolute atomic E-state index is 0.0553. The van der Waals surface area contributed by atoms with E-state index >= 15 is 0 Å². The van der Waals surface area contributed by atoms with Crippen molar-refractivity contribution in [3.63, 3.8) is 0 Å². The summed E-state index contributed by atoms with van der Waals surface area (Å²) in [4.78, 5) is 13.7. The lowest BCUT2D eigenvalue weighted by Crippen LogP contribution is -2.66. The molecule has 2 rings (SSSR count). The van der Waals surface area contributed by atoms with Crippen LogP contribution in [0.3, 0.4) is 0 Å². The Bertz CT molecular complexity index is 476. The second kappa shape index (κ2) is 5.31. The van der Waals surface area contributed by atoms with E-state index in [9.17, 15) is 9.90 Å².